The quantitative estimate of drug-likeness (QED) is 0.904. The highest BCUT2D eigenvalue weighted by Gasteiger charge is 2.19. The average molecular weight is 347 g/mol. The van der Waals surface area contributed by atoms with Crippen LogP contribution < -0.4 is 5.73 Å². The minimum atomic E-state index is -0.514. The van der Waals surface area contributed by atoms with Crippen molar-refractivity contribution in [3.63, 3.8) is 0 Å². The highest BCUT2D eigenvalue weighted by atomic mass is 79.9. The van der Waals surface area contributed by atoms with Crippen LogP contribution in [0.4, 0.5) is 0 Å². The van der Waals surface area contributed by atoms with Crippen molar-refractivity contribution in [2.24, 2.45) is 5.73 Å². The Morgan fingerprint density at radius 1 is 1.14 bits per heavy atom. The van der Waals surface area contributed by atoms with Crippen LogP contribution in [0.3, 0.4) is 0 Å². The lowest BCUT2D eigenvalue weighted by Crippen LogP contribution is -2.42. The molecule has 0 heterocycles. The number of nitrogens with zero attached hydrogens (tertiary/aromatic N) is 1. The van der Waals surface area contributed by atoms with Crippen LogP contribution >= 0.6 is 15.9 Å². The number of carbonyl (C=O) groups excluding carboxylic acids is 1. The number of rotatable bonds is 5. The van der Waals surface area contributed by atoms with Crippen LogP contribution in [0.1, 0.15) is 11.1 Å². The lowest BCUT2D eigenvalue weighted by atomic mass is 10.1. The number of carbonyl (C=O) groups is 1. The molecule has 1 amide bonds. The molecule has 0 aliphatic rings. The van der Waals surface area contributed by atoms with Crippen molar-refractivity contribution in [1.82, 2.24) is 4.90 Å². The summed E-state index contributed by atoms with van der Waals surface area (Å²) >= 11 is 3.50. The van der Waals surface area contributed by atoms with Crippen molar-refractivity contribution in [3.05, 3.63) is 70.2 Å². The van der Waals surface area contributed by atoms with Gasteiger partial charge in [0.05, 0.1) is 6.04 Å². The molecule has 0 spiro atoms. The fraction of sp³-hybridized carbons (Fsp3) is 0.235. The summed E-state index contributed by atoms with van der Waals surface area (Å²) in [5, 5.41) is 0. The third-order valence-electron chi connectivity index (χ3n) is 3.36. The van der Waals surface area contributed by atoms with Gasteiger partial charge >= 0.3 is 0 Å². The van der Waals surface area contributed by atoms with Gasteiger partial charge < -0.3 is 10.6 Å². The minimum absolute atomic E-state index is 0.0467. The molecule has 0 aliphatic carbocycles. The summed E-state index contributed by atoms with van der Waals surface area (Å²) in [7, 11) is 1.78. The highest BCUT2D eigenvalue weighted by Crippen LogP contribution is 2.17. The van der Waals surface area contributed by atoms with E-state index in [1.807, 2.05) is 54.6 Å². The van der Waals surface area contributed by atoms with Crippen molar-refractivity contribution in [2.75, 3.05) is 7.05 Å². The Morgan fingerprint density at radius 2 is 1.76 bits per heavy atom. The molecule has 21 heavy (non-hydrogen) atoms. The van der Waals surface area contributed by atoms with Crippen LogP contribution in [0.15, 0.2) is 59.1 Å². The summed E-state index contributed by atoms with van der Waals surface area (Å²) in [4.78, 5) is 14.0. The molecule has 0 radical (unpaired) electrons. The predicted octanol–water partition coefficient (Wildman–Crippen LogP) is 2.98. The van der Waals surface area contributed by atoms with E-state index in [9.17, 15) is 4.79 Å². The Kier molecular flexibility index (Phi) is 5.53. The number of likely N-dealkylation sites (N-methyl/N-ethyl adjacent to an activating group) is 1. The number of nitrogens with two attached hydrogens (primary N) is 1. The first-order valence-electron chi connectivity index (χ1n) is 6.86. The van der Waals surface area contributed by atoms with E-state index < -0.39 is 6.04 Å². The van der Waals surface area contributed by atoms with Crippen molar-refractivity contribution in [3.8, 4) is 0 Å². The summed E-state index contributed by atoms with van der Waals surface area (Å²) in [5.74, 6) is -0.0467. The van der Waals surface area contributed by atoms with Gasteiger partial charge in [0.1, 0.15) is 0 Å². The summed E-state index contributed by atoms with van der Waals surface area (Å²) < 4.78 is 1.00. The van der Waals surface area contributed by atoms with E-state index in [0.29, 0.717) is 13.0 Å². The van der Waals surface area contributed by atoms with Crippen molar-refractivity contribution < 1.29 is 4.79 Å². The zero-order valence-electron chi connectivity index (χ0n) is 12.0. The monoisotopic (exact) mass is 346 g/mol. The SMILES string of the molecule is CN(Cc1ccccc1Br)C(=O)[C@@H](N)Cc1ccccc1. The van der Waals surface area contributed by atoms with Gasteiger partial charge in [-0.05, 0) is 23.6 Å². The van der Waals surface area contributed by atoms with Crippen LogP contribution in [0.25, 0.3) is 0 Å². The first-order chi connectivity index (χ1) is 10.1. The zero-order chi connectivity index (χ0) is 15.2. The Labute approximate surface area is 133 Å². The van der Waals surface area contributed by atoms with E-state index in [-0.39, 0.29) is 5.91 Å². The van der Waals surface area contributed by atoms with Gasteiger partial charge in [-0.25, -0.2) is 0 Å². The maximum atomic E-state index is 12.3. The Bertz CT molecular complexity index is 601. The summed E-state index contributed by atoms with van der Waals surface area (Å²) in [5.41, 5.74) is 8.19. The van der Waals surface area contributed by atoms with Crippen LogP contribution in [-0.2, 0) is 17.8 Å². The van der Waals surface area contributed by atoms with Crippen molar-refractivity contribution in [1.29, 1.82) is 0 Å². The van der Waals surface area contributed by atoms with E-state index in [1.54, 1.807) is 11.9 Å². The third-order valence-corrected chi connectivity index (χ3v) is 4.13. The summed E-state index contributed by atoms with van der Waals surface area (Å²) in [6.45, 7) is 0.544. The number of hydrogen-bond donors (Lipinski definition) is 1. The number of amides is 1. The molecule has 110 valence electrons. The molecule has 0 bridgehead atoms. The van der Waals surface area contributed by atoms with Gasteiger partial charge in [0.2, 0.25) is 5.91 Å². The lowest BCUT2D eigenvalue weighted by Gasteiger charge is -2.22. The van der Waals surface area contributed by atoms with E-state index in [2.05, 4.69) is 15.9 Å². The molecule has 0 saturated carbocycles. The van der Waals surface area contributed by atoms with Gasteiger partial charge in [0.15, 0.2) is 0 Å². The average Bonchev–Trinajstić information content (AvgIpc) is 2.49. The van der Waals surface area contributed by atoms with Gasteiger partial charge in [-0.3, -0.25) is 4.79 Å². The van der Waals surface area contributed by atoms with Gasteiger partial charge in [-0.2, -0.15) is 0 Å². The van der Waals surface area contributed by atoms with E-state index in [4.69, 9.17) is 5.73 Å². The summed E-state index contributed by atoms with van der Waals surface area (Å²) in [6.07, 6.45) is 0.556. The van der Waals surface area contributed by atoms with Gasteiger partial charge in [0.25, 0.3) is 0 Å². The second-order valence-electron chi connectivity index (χ2n) is 5.08. The fourth-order valence-electron chi connectivity index (χ4n) is 2.20. The fourth-order valence-corrected chi connectivity index (χ4v) is 2.61. The van der Waals surface area contributed by atoms with Crippen LogP contribution in [0, 0.1) is 0 Å². The first kappa shape index (κ1) is 15.7. The number of hydrogen-bond acceptors (Lipinski definition) is 2. The topological polar surface area (TPSA) is 46.3 Å². The molecule has 2 rings (SSSR count). The molecule has 2 N–H and O–H groups in total. The molecule has 2 aromatic rings. The Hall–Kier alpha value is -1.65. The van der Waals surface area contributed by atoms with E-state index in [1.165, 1.54) is 0 Å². The van der Waals surface area contributed by atoms with Crippen LogP contribution in [0.2, 0.25) is 0 Å². The van der Waals surface area contributed by atoms with Crippen LogP contribution in [-0.4, -0.2) is 23.9 Å². The van der Waals surface area contributed by atoms with E-state index in [0.717, 1.165) is 15.6 Å². The smallest absolute Gasteiger partial charge is 0.239 e. The standard InChI is InChI=1S/C17H19BrN2O/c1-20(12-14-9-5-6-10-15(14)18)17(21)16(19)11-13-7-3-2-4-8-13/h2-10,16H,11-12,19H2,1H3/t16-/m0/s1. The predicted molar refractivity (Wildman–Crippen MR) is 88.7 cm³/mol. The van der Waals surface area contributed by atoms with Crippen LogP contribution in [0.5, 0.6) is 0 Å². The molecule has 0 fully saturated rings. The molecule has 2 aromatic carbocycles. The first-order valence-corrected chi connectivity index (χ1v) is 7.65. The zero-order valence-corrected chi connectivity index (χ0v) is 13.6. The Morgan fingerprint density at radius 3 is 2.43 bits per heavy atom. The molecule has 0 unspecified atom stereocenters. The molecule has 0 saturated heterocycles. The highest BCUT2D eigenvalue weighted by molar-refractivity contribution is 9.10. The van der Waals surface area contributed by atoms with E-state index >= 15 is 0 Å². The van der Waals surface area contributed by atoms with Gasteiger partial charge in [0, 0.05) is 18.1 Å². The minimum Gasteiger partial charge on any atom is -0.340 e. The molecule has 0 aliphatic heterocycles. The third kappa shape index (κ3) is 4.41. The van der Waals surface area contributed by atoms with Gasteiger partial charge in [-0.15, -0.1) is 0 Å². The molecule has 0 aromatic heterocycles. The van der Waals surface area contributed by atoms with Crippen molar-refractivity contribution >= 4 is 21.8 Å². The summed E-state index contributed by atoms with van der Waals surface area (Å²) in [6, 6.07) is 17.2. The van der Waals surface area contributed by atoms with Gasteiger partial charge in [-0.1, -0.05) is 64.5 Å². The molecular formula is C17H19BrN2O. The number of benzene rings is 2. The molecule has 4 heteroatoms. The second-order valence-corrected chi connectivity index (χ2v) is 5.94. The molecular weight excluding hydrogens is 328 g/mol. The molecule has 1 atom stereocenters. The number of halogens is 1. The molecule has 3 nitrogen and oxygen atoms in total. The Balaban J connectivity index is 1.97. The lowest BCUT2D eigenvalue weighted by molar-refractivity contribution is -0.131. The van der Waals surface area contributed by atoms with Crippen molar-refractivity contribution in [2.45, 2.75) is 19.0 Å². The largest absolute Gasteiger partial charge is 0.340 e. The maximum absolute atomic E-state index is 12.3. The maximum Gasteiger partial charge on any atom is 0.239 e. The normalized spacial score (nSPS) is 12.0. The second kappa shape index (κ2) is 7.38.